The Morgan fingerprint density at radius 2 is 1.75 bits per heavy atom. The van der Waals surface area contributed by atoms with Crippen LogP contribution in [0.5, 0.6) is 0 Å². The van der Waals surface area contributed by atoms with Crippen LogP contribution in [0.3, 0.4) is 0 Å². The zero-order valence-electron chi connectivity index (χ0n) is 21.0. The summed E-state index contributed by atoms with van der Waals surface area (Å²) in [7, 11) is 1.35. The maximum absolute atomic E-state index is 11.9. The third-order valence-electron chi connectivity index (χ3n) is 4.63. The molecule has 0 fully saturated rings. The quantitative estimate of drug-likeness (QED) is 0.293. The number of hydrogen-bond donors (Lipinski definition) is 4. The van der Waals surface area contributed by atoms with E-state index in [0.717, 1.165) is 18.6 Å². The number of carbonyl (C=O) groups excluding carboxylic acids is 2. The van der Waals surface area contributed by atoms with E-state index in [1.165, 1.54) is 7.11 Å². The molecule has 0 bridgehead atoms. The van der Waals surface area contributed by atoms with Gasteiger partial charge in [0.05, 0.1) is 7.11 Å². The smallest absolute Gasteiger partial charge is 0.407 e. The molecule has 0 aliphatic carbocycles. The Balaban J connectivity index is 0. The van der Waals surface area contributed by atoms with Gasteiger partial charge in [-0.05, 0) is 51.5 Å². The lowest BCUT2D eigenvalue weighted by molar-refractivity contribution is -0.142. The highest BCUT2D eigenvalue weighted by Crippen LogP contribution is 2.11. The second-order valence-corrected chi connectivity index (χ2v) is 9.62. The molecule has 0 unspecified atom stereocenters. The van der Waals surface area contributed by atoms with E-state index in [1.54, 1.807) is 11.8 Å². The average molecular weight is 480 g/mol. The Kier molecular flexibility index (Phi) is 18.3. The number of esters is 1. The van der Waals surface area contributed by atoms with Crippen LogP contribution in [0, 0.1) is 5.92 Å². The number of nitrogens with two attached hydrogens (primary N) is 1. The summed E-state index contributed by atoms with van der Waals surface area (Å²) in [6, 6.07) is -1.20. The molecule has 0 spiro atoms. The van der Waals surface area contributed by atoms with Crippen molar-refractivity contribution in [3.63, 3.8) is 0 Å². The number of alkyl carbamates (subject to hydrolysis) is 1. The van der Waals surface area contributed by atoms with Crippen molar-refractivity contribution in [1.82, 2.24) is 10.6 Å². The van der Waals surface area contributed by atoms with Gasteiger partial charge in [0, 0.05) is 12.6 Å². The number of aliphatic carboxylic acids is 1. The van der Waals surface area contributed by atoms with Crippen LogP contribution in [0.4, 0.5) is 4.79 Å². The number of carbonyl (C=O) groups is 3. The third-order valence-corrected chi connectivity index (χ3v) is 5.27. The van der Waals surface area contributed by atoms with Gasteiger partial charge in [0.25, 0.3) is 0 Å². The SMILES string of the molecule is CCC[C@H](NC[C@@H](NC(=O)OC(C)(C)C)[C@@H](C)CC)C(=O)O.COC(=O)[C@@H](N)CCSC. The van der Waals surface area contributed by atoms with Gasteiger partial charge in [0.2, 0.25) is 0 Å². The predicted octanol–water partition coefficient (Wildman–Crippen LogP) is 3.01. The molecule has 0 aliphatic rings. The lowest BCUT2D eigenvalue weighted by atomic mass is 9.98. The molecule has 190 valence electrons. The van der Waals surface area contributed by atoms with Gasteiger partial charge in [-0.2, -0.15) is 11.8 Å². The van der Waals surface area contributed by atoms with Gasteiger partial charge < -0.3 is 30.9 Å². The third kappa shape index (κ3) is 17.1. The van der Waals surface area contributed by atoms with Crippen LogP contribution in [0.15, 0.2) is 0 Å². The number of hydrogen-bond acceptors (Lipinski definition) is 8. The minimum Gasteiger partial charge on any atom is -0.480 e. The number of rotatable bonds is 13. The van der Waals surface area contributed by atoms with Crippen molar-refractivity contribution >= 4 is 29.8 Å². The molecule has 0 aromatic rings. The summed E-state index contributed by atoms with van der Waals surface area (Å²) in [5.74, 6) is -0.0665. The first-order chi connectivity index (χ1) is 14.8. The number of carboxylic acids is 1. The second kappa shape index (κ2) is 18.0. The lowest BCUT2D eigenvalue weighted by Crippen LogP contribution is -2.50. The van der Waals surface area contributed by atoms with Gasteiger partial charge in [-0.1, -0.05) is 33.6 Å². The molecular formula is C22H45N3O6S. The van der Waals surface area contributed by atoms with E-state index in [0.29, 0.717) is 19.4 Å². The maximum Gasteiger partial charge on any atom is 0.407 e. The molecule has 32 heavy (non-hydrogen) atoms. The van der Waals surface area contributed by atoms with Gasteiger partial charge in [0.1, 0.15) is 17.7 Å². The highest BCUT2D eigenvalue weighted by Gasteiger charge is 2.24. The molecule has 1 amide bonds. The number of nitrogens with one attached hydrogen (secondary N) is 2. The molecule has 0 saturated carbocycles. The summed E-state index contributed by atoms with van der Waals surface area (Å²) in [4.78, 5) is 33.8. The van der Waals surface area contributed by atoms with Gasteiger partial charge >= 0.3 is 18.0 Å². The van der Waals surface area contributed by atoms with Crippen molar-refractivity contribution in [3.05, 3.63) is 0 Å². The van der Waals surface area contributed by atoms with Crippen molar-refractivity contribution in [2.24, 2.45) is 11.7 Å². The first-order valence-electron chi connectivity index (χ1n) is 11.1. The monoisotopic (exact) mass is 479 g/mol. The number of methoxy groups -OCH3 is 1. The highest BCUT2D eigenvalue weighted by molar-refractivity contribution is 7.98. The maximum atomic E-state index is 11.9. The summed E-state index contributed by atoms with van der Waals surface area (Å²) in [6.07, 6.45) is 4.43. The van der Waals surface area contributed by atoms with Crippen molar-refractivity contribution in [3.8, 4) is 0 Å². The molecule has 10 heteroatoms. The molecule has 4 atom stereocenters. The summed E-state index contributed by atoms with van der Waals surface area (Å²) < 4.78 is 9.71. The summed E-state index contributed by atoms with van der Waals surface area (Å²) >= 11 is 1.67. The molecule has 0 saturated heterocycles. The first kappa shape index (κ1) is 32.7. The Labute approximate surface area is 197 Å². The minimum atomic E-state index is -0.859. The van der Waals surface area contributed by atoms with Crippen molar-refractivity contribution < 1.29 is 29.0 Å². The van der Waals surface area contributed by atoms with E-state index in [-0.39, 0.29) is 17.9 Å². The molecule has 0 radical (unpaired) electrons. The average Bonchev–Trinajstić information content (AvgIpc) is 2.71. The largest absolute Gasteiger partial charge is 0.480 e. The zero-order valence-corrected chi connectivity index (χ0v) is 21.8. The Hall–Kier alpha value is -1.52. The van der Waals surface area contributed by atoms with Gasteiger partial charge in [0.15, 0.2) is 0 Å². The Morgan fingerprint density at radius 3 is 2.16 bits per heavy atom. The predicted molar refractivity (Wildman–Crippen MR) is 130 cm³/mol. The molecule has 0 aromatic heterocycles. The van der Waals surface area contributed by atoms with Gasteiger partial charge in [-0.15, -0.1) is 0 Å². The standard InChI is InChI=1S/C16H32N2O4.C6H13NO2S/c1-7-9-12(14(19)20)17-10-13(11(3)8-2)18-15(21)22-16(4,5)6;1-9-6(8)5(7)3-4-10-2/h11-13,17H,7-10H2,1-6H3,(H,18,21)(H,19,20);5H,3-4,7H2,1-2H3/t11-,12-,13+;5-/m00/s1. The summed E-state index contributed by atoms with van der Waals surface area (Å²) in [5.41, 5.74) is 4.87. The van der Waals surface area contributed by atoms with E-state index in [4.69, 9.17) is 10.5 Å². The van der Waals surface area contributed by atoms with Crippen LogP contribution in [0.25, 0.3) is 0 Å². The highest BCUT2D eigenvalue weighted by atomic mass is 32.2. The topological polar surface area (TPSA) is 140 Å². The number of ether oxygens (including phenoxy) is 2. The fourth-order valence-corrected chi connectivity index (χ4v) is 3.01. The molecule has 9 nitrogen and oxygen atoms in total. The van der Waals surface area contributed by atoms with Crippen molar-refractivity contribution in [2.45, 2.75) is 91.0 Å². The van der Waals surface area contributed by atoms with Gasteiger partial charge in [-0.3, -0.25) is 9.59 Å². The van der Waals surface area contributed by atoms with Gasteiger partial charge in [-0.25, -0.2) is 4.79 Å². The normalized spacial score (nSPS) is 14.8. The van der Waals surface area contributed by atoms with Crippen molar-refractivity contribution in [1.29, 1.82) is 0 Å². The Bertz CT molecular complexity index is 542. The fraction of sp³-hybridized carbons (Fsp3) is 0.864. The molecular weight excluding hydrogens is 434 g/mol. The van der Waals surface area contributed by atoms with Crippen LogP contribution < -0.4 is 16.4 Å². The van der Waals surface area contributed by atoms with Crippen LogP contribution in [0.1, 0.15) is 67.2 Å². The number of amides is 1. The van der Waals surface area contributed by atoms with Crippen LogP contribution in [-0.2, 0) is 19.1 Å². The van der Waals surface area contributed by atoms with E-state index in [2.05, 4.69) is 15.4 Å². The van der Waals surface area contributed by atoms with Crippen molar-refractivity contribution in [2.75, 3.05) is 25.7 Å². The molecule has 0 aliphatic heterocycles. The Morgan fingerprint density at radius 1 is 1.16 bits per heavy atom. The van der Waals surface area contributed by atoms with Crippen LogP contribution in [-0.4, -0.2) is 72.5 Å². The zero-order chi connectivity index (χ0) is 25.3. The van der Waals surface area contributed by atoms with Crippen LogP contribution in [0.2, 0.25) is 0 Å². The van der Waals surface area contributed by atoms with E-state index in [1.807, 2.05) is 47.8 Å². The number of thioether (sulfide) groups is 1. The number of carboxylic acid groups (broad SMARTS) is 1. The van der Waals surface area contributed by atoms with E-state index < -0.39 is 29.7 Å². The second-order valence-electron chi connectivity index (χ2n) is 8.64. The molecule has 0 rings (SSSR count). The fourth-order valence-electron chi connectivity index (χ4n) is 2.52. The molecule has 0 heterocycles. The lowest BCUT2D eigenvalue weighted by Gasteiger charge is -2.28. The molecule has 0 aromatic carbocycles. The summed E-state index contributed by atoms with van der Waals surface area (Å²) in [6.45, 7) is 11.8. The van der Waals surface area contributed by atoms with E-state index >= 15 is 0 Å². The van der Waals surface area contributed by atoms with E-state index in [9.17, 15) is 19.5 Å². The summed E-state index contributed by atoms with van der Waals surface area (Å²) in [5, 5.41) is 15.1. The first-order valence-corrected chi connectivity index (χ1v) is 12.5. The van der Waals surface area contributed by atoms with Crippen LogP contribution >= 0.6 is 11.8 Å². The minimum absolute atomic E-state index is 0.168. The molecule has 5 N–H and O–H groups in total.